The van der Waals surface area contributed by atoms with Crippen LogP contribution in [-0.2, 0) is 4.79 Å². The lowest BCUT2D eigenvalue weighted by Gasteiger charge is -2.19. The second-order valence-electron chi connectivity index (χ2n) is 3.04. The van der Waals surface area contributed by atoms with Crippen LogP contribution in [0.3, 0.4) is 0 Å². The molecule has 0 bridgehead atoms. The summed E-state index contributed by atoms with van der Waals surface area (Å²) in [6.07, 6.45) is 3.72. The van der Waals surface area contributed by atoms with E-state index in [2.05, 4.69) is 5.32 Å². The van der Waals surface area contributed by atoms with Crippen LogP contribution < -0.4 is 5.32 Å². The van der Waals surface area contributed by atoms with Crippen LogP contribution in [-0.4, -0.2) is 34.9 Å². The standard InChI is InChI=1S/C10H19NO3/c1-3-5-6-9(13)8(7-12)11-10(14)4-2/h5-6,8-9,12-13H,3-4,7H2,1-2H3,(H,11,14)/b6-5+/t8-,9+/m0/s1. The molecule has 2 atom stereocenters. The molecular weight excluding hydrogens is 182 g/mol. The molecule has 0 aromatic heterocycles. The van der Waals surface area contributed by atoms with Crippen LogP contribution in [0.2, 0.25) is 0 Å². The lowest BCUT2D eigenvalue weighted by molar-refractivity contribution is -0.122. The Morgan fingerprint density at radius 1 is 1.50 bits per heavy atom. The minimum Gasteiger partial charge on any atom is -0.394 e. The van der Waals surface area contributed by atoms with E-state index in [1.807, 2.05) is 6.92 Å². The molecule has 0 radical (unpaired) electrons. The zero-order valence-electron chi connectivity index (χ0n) is 8.73. The van der Waals surface area contributed by atoms with Gasteiger partial charge in [-0.2, -0.15) is 0 Å². The third kappa shape index (κ3) is 4.99. The molecule has 4 heteroatoms. The van der Waals surface area contributed by atoms with Crippen molar-refractivity contribution in [2.45, 2.75) is 38.8 Å². The molecule has 0 spiro atoms. The first-order chi connectivity index (χ1) is 6.65. The maximum atomic E-state index is 11.0. The van der Waals surface area contributed by atoms with Crippen molar-refractivity contribution in [1.82, 2.24) is 5.32 Å². The van der Waals surface area contributed by atoms with Crippen molar-refractivity contribution in [2.75, 3.05) is 6.61 Å². The van der Waals surface area contributed by atoms with Gasteiger partial charge in [-0.25, -0.2) is 0 Å². The van der Waals surface area contributed by atoms with Crippen molar-refractivity contribution in [3.05, 3.63) is 12.2 Å². The van der Waals surface area contributed by atoms with Gasteiger partial charge in [0.25, 0.3) is 0 Å². The number of nitrogens with one attached hydrogen (secondary N) is 1. The molecule has 14 heavy (non-hydrogen) atoms. The Morgan fingerprint density at radius 3 is 2.57 bits per heavy atom. The minimum absolute atomic E-state index is 0.173. The highest BCUT2D eigenvalue weighted by atomic mass is 16.3. The maximum absolute atomic E-state index is 11.0. The van der Waals surface area contributed by atoms with Gasteiger partial charge in [-0.1, -0.05) is 26.0 Å². The Balaban J connectivity index is 4.11. The Hall–Kier alpha value is -0.870. The summed E-state index contributed by atoms with van der Waals surface area (Å²) in [5.74, 6) is -0.173. The van der Waals surface area contributed by atoms with Crippen LogP contribution in [0.15, 0.2) is 12.2 Å². The van der Waals surface area contributed by atoms with Crippen LogP contribution in [0.5, 0.6) is 0 Å². The molecule has 0 saturated heterocycles. The van der Waals surface area contributed by atoms with Crippen molar-refractivity contribution in [3.63, 3.8) is 0 Å². The number of amides is 1. The first-order valence-corrected chi connectivity index (χ1v) is 4.90. The van der Waals surface area contributed by atoms with Gasteiger partial charge in [0.1, 0.15) is 0 Å². The number of hydrogen-bond acceptors (Lipinski definition) is 3. The van der Waals surface area contributed by atoms with E-state index in [9.17, 15) is 9.90 Å². The molecule has 0 aliphatic carbocycles. The molecule has 3 N–H and O–H groups in total. The number of hydrogen-bond donors (Lipinski definition) is 3. The number of rotatable bonds is 6. The third-order valence-corrected chi connectivity index (χ3v) is 1.85. The Morgan fingerprint density at radius 2 is 2.14 bits per heavy atom. The molecule has 0 aromatic rings. The highest BCUT2D eigenvalue weighted by Crippen LogP contribution is 1.97. The van der Waals surface area contributed by atoms with Crippen LogP contribution in [0.25, 0.3) is 0 Å². The number of aliphatic hydroxyl groups excluding tert-OH is 2. The van der Waals surface area contributed by atoms with Gasteiger partial charge in [-0.05, 0) is 6.42 Å². The molecule has 4 nitrogen and oxygen atoms in total. The van der Waals surface area contributed by atoms with Gasteiger partial charge >= 0.3 is 0 Å². The van der Waals surface area contributed by atoms with Crippen LogP contribution in [0.1, 0.15) is 26.7 Å². The summed E-state index contributed by atoms with van der Waals surface area (Å²) in [6, 6.07) is -0.606. The van der Waals surface area contributed by atoms with Gasteiger partial charge in [0.2, 0.25) is 5.91 Å². The molecule has 0 aliphatic heterocycles. The first-order valence-electron chi connectivity index (χ1n) is 4.90. The summed E-state index contributed by atoms with van der Waals surface area (Å²) in [5, 5.41) is 21.0. The smallest absolute Gasteiger partial charge is 0.220 e. The van der Waals surface area contributed by atoms with Crippen molar-refractivity contribution in [2.24, 2.45) is 0 Å². The van der Waals surface area contributed by atoms with E-state index in [0.717, 1.165) is 6.42 Å². The average molecular weight is 201 g/mol. The number of allylic oxidation sites excluding steroid dienone is 1. The largest absolute Gasteiger partial charge is 0.394 e. The highest BCUT2D eigenvalue weighted by Gasteiger charge is 2.16. The van der Waals surface area contributed by atoms with E-state index in [1.54, 1.807) is 19.1 Å². The fraction of sp³-hybridized carbons (Fsp3) is 0.700. The predicted octanol–water partition coefficient (Wildman–Crippen LogP) is 0.201. The average Bonchev–Trinajstić information content (AvgIpc) is 2.21. The fourth-order valence-corrected chi connectivity index (χ4v) is 0.957. The monoisotopic (exact) mass is 201 g/mol. The van der Waals surface area contributed by atoms with E-state index in [-0.39, 0.29) is 12.5 Å². The highest BCUT2D eigenvalue weighted by molar-refractivity contribution is 5.75. The van der Waals surface area contributed by atoms with Gasteiger partial charge in [-0.3, -0.25) is 4.79 Å². The van der Waals surface area contributed by atoms with E-state index in [4.69, 9.17) is 5.11 Å². The van der Waals surface area contributed by atoms with Gasteiger partial charge in [0.05, 0.1) is 18.8 Å². The normalized spacial score (nSPS) is 15.4. The van der Waals surface area contributed by atoms with Crippen LogP contribution >= 0.6 is 0 Å². The summed E-state index contributed by atoms with van der Waals surface area (Å²) < 4.78 is 0. The second-order valence-corrected chi connectivity index (χ2v) is 3.04. The van der Waals surface area contributed by atoms with Gasteiger partial charge < -0.3 is 15.5 Å². The summed E-state index contributed by atoms with van der Waals surface area (Å²) >= 11 is 0. The topological polar surface area (TPSA) is 69.6 Å². The zero-order chi connectivity index (χ0) is 11.0. The predicted molar refractivity (Wildman–Crippen MR) is 54.7 cm³/mol. The molecule has 0 unspecified atom stereocenters. The van der Waals surface area contributed by atoms with Gasteiger partial charge in [0, 0.05) is 6.42 Å². The quantitative estimate of drug-likeness (QED) is 0.538. The molecule has 82 valence electrons. The van der Waals surface area contributed by atoms with Crippen molar-refractivity contribution < 1.29 is 15.0 Å². The summed E-state index contributed by atoms with van der Waals surface area (Å²) in [5.41, 5.74) is 0. The Labute approximate surface area is 84.6 Å². The lowest BCUT2D eigenvalue weighted by Crippen LogP contribution is -2.44. The summed E-state index contributed by atoms with van der Waals surface area (Å²) in [7, 11) is 0. The van der Waals surface area contributed by atoms with E-state index in [1.165, 1.54) is 0 Å². The lowest BCUT2D eigenvalue weighted by atomic mass is 10.1. The van der Waals surface area contributed by atoms with Gasteiger partial charge in [0.15, 0.2) is 0 Å². The van der Waals surface area contributed by atoms with Gasteiger partial charge in [-0.15, -0.1) is 0 Å². The first kappa shape index (κ1) is 13.1. The number of aliphatic hydroxyl groups is 2. The Bertz CT molecular complexity index is 192. The second kappa shape index (κ2) is 7.53. The number of carbonyl (C=O) groups excluding carboxylic acids is 1. The van der Waals surface area contributed by atoms with E-state index in [0.29, 0.717) is 6.42 Å². The summed E-state index contributed by atoms with van der Waals surface area (Å²) in [6.45, 7) is 3.40. The van der Waals surface area contributed by atoms with E-state index >= 15 is 0 Å². The summed E-state index contributed by atoms with van der Waals surface area (Å²) in [4.78, 5) is 11.0. The molecule has 0 aliphatic rings. The molecule has 1 amide bonds. The SMILES string of the molecule is CC/C=C/[C@@H](O)[C@H](CO)NC(=O)CC. The fourth-order valence-electron chi connectivity index (χ4n) is 0.957. The van der Waals surface area contributed by atoms with Crippen molar-refractivity contribution in [1.29, 1.82) is 0 Å². The zero-order valence-corrected chi connectivity index (χ0v) is 8.73. The van der Waals surface area contributed by atoms with Crippen molar-refractivity contribution >= 4 is 5.91 Å². The van der Waals surface area contributed by atoms with E-state index < -0.39 is 12.1 Å². The molecule has 0 saturated carbocycles. The Kier molecular flexibility index (Phi) is 7.06. The van der Waals surface area contributed by atoms with Crippen LogP contribution in [0.4, 0.5) is 0 Å². The minimum atomic E-state index is -0.824. The van der Waals surface area contributed by atoms with Crippen LogP contribution in [0, 0.1) is 0 Å². The molecule has 0 aromatic carbocycles. The van der Waals surface area contributed by atoms with Crippen molar-refractivity contribution in [3.8, 4) is 0 Å². The molecular formula is C10H19NO3. The number of carbonyl (C=O) groups is 1. The maximum Gasteiger partial charge on any atom is 0.220 e. The molecule has 0 rings (SSSR count). The molecule has 0 fully saturated rings. The third-order valence-electron chi connectivity index (χ3n) is 1.85. The molecule has 0 heterocycles.